The molecule has 14 heteroatoms. The van der Waals surface area contributed by atoms with Crippen LogP contribution in [0.3, 0.4) is 0 Å². The van der Waals surface area contributed by atoms with Gasteiger partial charge in [0.2, 0.25) is 17.2 Å². The average molecular weight is 618 g/mol. The van der Waals surface area contributed by atoms with E-state index in [4.69, 9.17) is 25.8 Å². The van der Waals surface area contributed by atoms with E-state index in [0.29, 0.717) is 12.1 Å². The number of halogens is 4. The molecular weight excluding hydrogens is 595 g/mol. The van der Waals surface area contributed by atoms with Crippen LogP contribution < -0.4 is 30.8 Å². The zero-order chi connectivity index (χ0) is 31.3. The lowest BCUT2D eigenvalue weighted by molar-refractivity contribution is -0.130. The largest absolute Gasteiger partial charge is 0.496 e. The maximum Gasteiger partial charge on any atom is 0.332 e. The molecule has 43 heavy (non-hydrogen) atoms. The molecule has 3 aliphatic rings. The summed E-state index contributed by atoms with van der Waals surface area (Å²) >= 11 is 6.51. The maximum atomic E-state index is 14.7. The summed E-state index contributed by atoms with van der Waals surface area (Å²) in [6.45, 7) is 1.59. The SMILES string of the molecule is COc1cc(OC)c2c(c1Cl)O[C@@]1(C(=O)C3=C(C[C@H]1C)Nc1c(c(=O)n(C)c(=O)n1C)[C@H]3c1cc(F)c(F)c(F)c1)C2=O. The first-order valence-electron chi connectivity index (χ1n) is 13.0. The highest BCUT2D eigenvalue weighted by molar-refractivity contribution is 6.36. The minimum absolute atomic E-state index is 0.0191. The predicted octanol–water partition coefficient (Wildman–Crippen LogP) is 3.61. The summed E-state index contributed by atoms with van der Waals surface area (Å²) < 4.78 is 62.0. The molecule has 2 aliphatic heterocycles. The van der Waals surface area contributed by atoms with E-state index in [0.717, 1.165) is 9.13 Å². The fourth-order valence-corrected chi connectivity index (χ4v) is 6.53. The number of carbonyl (C=O) groups is 2. The lowest BCUT2D eigenvalue weighted by Crippen LogP contribution is -2.58. The topological polar surface area (TPSA) is 118 Å². The molecule has 3 atom stereocenters. The molecule has 2 aromatic carbocycles. The van der Waals surface area contributed by atoms with Gasteiger partial charge in [-0.2, -0.15) is 0 Å². The van der Waals surface area contributed by atoms with Crippen molar-refractivity contribution >= 4 is 29.0 Å². The molecule has 1 spiro atoms. The molecule has 1 aromatic heterocycles. The number of Topliss-reactive ketones (excluding diaryl/α,β-unsaturated/α-hetero) is 2. The zero-order valence-electron chi connectivity index (χ0n) is 23.4. The van der Waals surface area contributed by atoms with E-state index in [1.807, 2.05) is 0 Å². The van der Waals surface area contributed by atoms with Gasteiger partial charge in [-0.3, -0.25) is 23.5 Å². The first-order valence-corrected chi connectivity index (χ1v) is 13.3. The third kappa shape index (κ3) is 3.60. The highest BCUT2D eigenvalue weighted by Crippen LogP contribution is 2.56. The highest BCUT2D eigenvalue weighted by atomic mass is 35.5. The second kappa shape index (κ2) is 9.49. The van der Waals surface area contributed by atoms with E-state index >= 15 is 0 Å². The molecule has 3 aromatic rings. The normalized spacial score (nSPS) is 22.2. The molecule has 10 nitrogen and oxygen atoms in total. The van der Waals surface area contributed by atoms with Gasteiger partial charge in [0.1, 0.15) is 27.9 Å². The van der Waals surface area contributed by atoms with Crippen molar-refractivity contribution in [3.63, 3.8) is 0 Å². The molecule has 1 aliphatic carbocycles. The minimum Gasteiger partial charge on any atom is -0.496 e. The number of nitrogens with zero attached hydrogens (tertiary/aromatic N) is 2. The summed E-state index contributed by atoms with van der Waals surface area (Å²) in [6.07, 6.45) is -0.0383. The van der Waals surface area contributed by atoms with E-state index in [9.17, 15) is 32.3 Å². The average Bonchev–Trinajstić information content (AvgIpc) is 3.30. The summed E-state index contributed by atoms with van der Waals surface area (Å²) in [7, 11) is 5.23. The summed E-state index contributed by atoms with van der Waals surface area (Å²) in [5.41, 5.74) is -4.42. The Balaban J connectivity index is 1.64. The van der Waals surface area contributed by atoms with Crippen LogP contribution in [0.25, 0.3) is 0 Å². The van der Waals surface area contributed by atoms with Gasteiger partial charge in [-0.15, -0.1) is 0 Å². The summed E-state index contributed by atoms with van der Waals surface area (Å²) in [4.78, 5) is 55.3. The minimum atomic E-state index is -2.22. The van der Waals surface area contributed by atoms with Crippen LogP contribution in [0.5, 0.6) is 17.2 Å². The van der Waals surface area contributed by atoms with Crippen molar-refractivity contribution in [2.24, 2.45) is 20.0 Å². The van der Waals surface area contributed by atoms with E-state index in [1.165, 1.54) is 34.4 Å². The van der Waals surface area contributed by atoms with Gasteiger partial charge in [0, 0.05) is 43.3 Å². The number of methoxy groups -OCH3 is 2. The predicted molar refractivity (Wildman–Crippen MR) is 147 cm³/mol. The van der Waals surface area contributed by atoms with Gasteiger partial charge in [0.25, 0.3) is 5.56 Å². The first-order chi connectivity index (χ1) is 20.3. The number of hydrogen-bond acceptors (Lipinski definition) is 8. The van der Waals surface area contributed by atoms with E-state index in [1.54, 1.807) is 6.92 Å². The lowest BCUT2D eigenvalue weighted by atomic mass is 9.66. The van der Waals surface area contributed by atoms with Crippen molar-refractivity contribution in [3.05, 3.63) is 89.5 Å². The number of rotatable bonds is 3. The Morgan fingerprint density at radius 1 is 0.977 bits per heavy atom. The molecule has 0 fully saturated rings. The van der Waals surface area contributed by atoms with Gasteiger partial charge in [-0.1, -0.05) is 18.5 Å². The molecule has 0 amide bonds. The van der Waals surface area contributed by atoms with Crippen molar-refractivity contribution < 1.29 is 37.0 Å². The zero-order valence-corrected chi connectivity index (χ0v) is 24.1. The second-order valence-corrected chi connectivity index (χ2v) is 11.0. The summed E-state index contributed by atoms with van der Waals surface area (Å²) in [5, 5.41) is 2.90. The Hall–Kier alpha value is -4.52. The van der Waals surface area contributed by atoms with Crippen LogP contribution >= 0.6 is 11.6 Å². The number of carbonyl (C=O) groups excluding carboxylic acids is 2. The van der Waals surface area contributed by atoms with E-state index in [-0.39, 0.29) is 62.5 Å². The molecule has 0 saturated carbocycles. The number of hydrogen-bond donors (Lipinski definition) is 1. The van der Waals surface area contributed by atoms with Crippen molar-refractivity contribution in [1.82, 2.24) is 9.13 Å². The molecule has 0 radical (unpaired) electrons. The van der Waals surface area contributed by atoms with Gasteiger partial charge in [0.15, 0.2) is 23.2 Å². The fourth-order valence-electron chi connectivity index (χ4n) is 6.26. The van der Waals surface area contributed by atoms with Crippen LogP contribution in [0.2, 0.25) is 5.02 Å². The standard InChI is InChI=1S/C29H23ClF3N3O7/c1-10-6-14-18(24(37)29(10)25(38)19-15(41-4)9-16(42-5)21(30)23(19)43-29)17(11-7-12(31)22(33)13(32)8-11)20-26(34-14)35(2)28(40)36(3)27(20)39/h7-10,17,34H,6H2,1-5H3/t10-,17+,29+/m1/s1. The summed E-state index contributed by atoms with van der Waals surface area (Å²) in [6, 6.07) is 2.71. The third-order valence-corrected chi connectivity index (χ3v) is 8.77. The van der Waals surface area contributed by atoms with Crippen molar-refractivity contribution in [2.45, 2.75) is 24.9 Å². The molecule has 1 N–H and O–H groups in total. The molecule has 6 rings (SSSR count). The Kier molecular flexibility index (Phi) is 6.31. The monoisotopic (exact) mass is 617 g/mol. The first kappa shape index (κ1) is 28.6. The van der Waals surface area contributed by atoms with Crippen LogP contribution in [-0.4, -0.2) is 40.5 Å². The second-order valence-electron chi connectivity index (χ2n) is 10.6. The highest BCUT2D eigenvalue weighted by Gasteiger charge is 2.63. The number of fused-ring (bicyclic) bond motifs is 2. The Bertz CT molecular complexity index is 1940. The van der Waals surface area contributed by atoms with Gasteiger partial charge in [-0.05, 0) is 24.1 Å². The number of benzene rings is 2. The Labute approximate surface area is 246 Å². The summed E-state index contributed by atoms with van der Waals surface area (Å²) in [5.74, 6) is -8.95. The van der Waals surface area contributed by atoms with Gasteiger partial charge in [-0.25, -0.2) is 18.0 Å². The quantitative estimate of drug-likeness (QED) is 0.350. The number of aromatic nitrogens is 2. The van der Waals surface area contributed by atoms with Crippen LogP contribution in [0.4, 0.5) is 19.0 Å². The van der Waals surface area contributed by atoms with Crippen LogP contribution in [0.15, 0.2) is 39.1 Å². The van der Waals surface area contributed by atoms with Crippen molar-refractivity contribution in [2.75, 3.05) is 19.5 Å². The van der Waals surface area contributed by atoms with Crippen LogP contribution in [0, 0.1) is 23.4 Å². The lowest BCUT2D eigenvalue weighted by Gasteiger charge is -2.42. The fraction of sp³-hybridized carbons (Fsp3) is 0.310. The number of anilines is 1. The Morgan fingerprint density at radius 3 is 2.21 bits per heavy atom. The number of ether oxygens (including phenoxy) is 3. The molecule has 0 bridgehead atoms. The molecule has 0 saturated heterocycles. The van der Waals surface area contributed by atoms with Gasteiger partial charge < -0.3 is 19.5 Å². The third-order valence-electron chi connectivity index (χ3n) is 8.42. The van der Waals surface area contributed by atoms with Crippen molar-refractivity contribution in [1.29, 1.82) is 0 Å². The van der Waals surface area contributed by atoms with Crippen molar-refractivity contribution in [3.8, 4) is 17.2 Å². The number of nitrogens with one attached hydrogen (secondary N) is 1. The smallest absolute Gasteiger partial charge is 0.332 e. The Morgan fingerprint density at radius 2 is 1.60 bits per heavy atom. The van der Waals surface area contributed by atoms with Gasteiger partial charge in [0.05, 0.1) is 19.8 Å². The molecule has 0 unspecified atom stereocenters. The number of allylic oxidation sites excluding steroid dienone is 1. The molecular formula is C29H23ClF3N3O7. The van der Waals surface area contributed by atoms with E-state index in [2.05, 4.69) is 5.32 Å². The molecule has 3 heterocycles. The van der Waals surface area contributed by atoms with Gasteiger partial charge >= 0.3 is 5.69 Å². The molecule has 224 valence electrons. The van der Waals surface area contributed by atoms with Crippen LogP contribution in [-0.2, 0) is 18.9 Å². The number of ketones is 2. The maximum absolute atomic E-state index is 14.7. The van der Waals surface area contributed by atoms with Crippen LogP contribution in [0.1, 0.15) is 40.7 Å². The van der Waals surface area contributed by atoms with E-state index < -0.39 is 57.7 Å².